The fourth-order valence-electron chi connectivity index (χ4n) is 4.04. The number of nitrogens with zero attached hydrogens (tertiary/aromatic N) is 5. The molecule has 1 aliphatic heterocycles. The number of hydrogen-bond donors (Lipinski definition) is 0. The number of benzene rings is 1. The van der Waals surface area contributed by atoms with Gasteiger partial charge in [-0.25, -0.2) is 17.7 Å². The molecule has 9 heteroatoms. The number of aromatic nitrogens is 2. The third kappa shape index (κ3) is 4.10. The monoisotopic (exact) mass is 433 g/mol. The van der Waals surface area contributed by atoms with Gasteiger partial charge in [0, 0.05) is 52.7 Å². The summed E-state index contributed by atoms with van der Waals surface area (Å²) < 4.78 is 28.4. The van der Waals surface area contributed by atoms with E-state index in [4.69, 9.17) is 4.98 Å². The summed E-state index contributed by atoms with van der Waals surface area (Å²) in [6, 6.07) is 5.20. The van der Waals surface area contributed by atoms with Gasteiger partial charge in [0.1, 0.15) is 5.82 Å². The normalized spacial score (nSPS) is 18.5. The van der Waals surface area contributed by atoms with Crippen molar-refractivity contribution in [2.75, 3.05) is 40.3 Å². The van der Waals surface area contributed by atoms with E-state index in [0.29, 0.717) is 18.0 Å². The second-order valence-corrected chi connectivity index (χ2v) is 10.6. The van der Waals surface area contributed by atoms with Crippen LogP contribution in [0.15, 0.2) is 23.1 Å². The molecule has 1 saturated carbocycles. The van der Waals surface area contributed by atoms with Crippen molar-refractivity contribution < 1.29 is 13.2 Å². The Bertz CT molecular complexity index is 1030. The SMILES string of the molecule is CCCn1c(CN2CCN(C(=O)C3CC3)CC2)nc2cc(S(=O)(=O)N(C)C)ccc21. The number of rotatable bonds is 7. The van der Waals surface area contributed by atoms with Crippen LogP contribution in [0, 0.1) is 5.92 Å². The molecule has 0 bridgehead atoms. The molecule has 164 valence electrons. The molecule has 0 radical (unpaired) electrons. The van der Waals surface area contributed by atoms with Gasteiger partial charge in [-0.3, -0.25) is 9.69 Å². The van der Waals surface area contributed by atoms with Gasteiger partial charge < -0.3 is 9.47 Å². The van der Waals surface area contributed by atoms with Crippen LogP contribution in [0.4, 0.5) is 0 Å². The average molecular weight is 434 g/mol. The van der Waals surface area contributed by atoms with Crippen LogP contribution in [-0.4, -0.2) is 78.3 Å². The molecule has 0 atom stereocenters. The summed E-state index contributed by atoms with van der Waals surface area (Å²) in [5.41, 5.74) is 1.68. The Labute approximate surface area is 178 Å². The Morgan fingerprint density at radius 1 is 1.17 bits per heavy atom. The van der Waals surface area contributed by atoms with Gasteiger partial charge in [0.15, 0.2) is 0 Å². The molecule has 0 unspecified atom stereocenters. The third-order valence-electron chi connectivity index (χ3n) is 6.00. The smallest absolute Gasteiger partial charge is 0.242 e. The first-order valence-electron chi connectivity index (χ1n) is 10.7. The van der Waals surface area contributed by atoms with Gasteiger partial charge in [0.05, 0.1) is 22.5 Å². The highest BCUT2D eigenvalue weighted by atomic mass is 32.2. The summed E-state index contributed by atoms with van der Waals surface area (Å²) in [7, 11) is -0.420. The van der Waals surface area contributed by atoms with Gasteiger partial charge >= 0.3 is 0 Å². The number of amides is 1. The van der Waals surface area contributed by atoms with E-state index in [0.717, 1.165) is 63.3 Å². The Morgan fingerprint density at radius 2 is 1.87 bits per heavy atom. The van der Waals surface area contributed by atoms with Gasteiger partial charge in [-0.2, -0.15) is 0 Å². The van der Waals surface area contributed by atoms with E-state index in [2.05, 4.69) is 16.4 Å². The van der Waals surface area contributed by atoms with E-state index in [1.807, 2.05) is 11.0 Å². The molecule has 1 saturated heterocycles. The quantitative estimate of drug-likeness (QED) is 0.665. The Balaban J connectivity index is 1.54. The van der Waals surface area contributed by atoms with Crippen molar-refractivity contribution in [3.05, 3.63) is 24.0 Å². The average Bonchev–Trinajstić information content (AvgIpc) is 3.52. The molecule has 0 spiro atoms. The molecule has 2 heterocycles. The Hall–Kier alpha value is -1.97. The minimum Gasteiger partial charge on any atom is -0.340 e. The summed E-state index contributed by atoms with van der Waals surface area (Å²) in [5.74, 6) is 1.55. The van der Waals surface area contributed by atoms with Crippen LogP contribution in [0.1, 0.15) is 32.0 Å². The van der Waals surface area contributed by atoms with Crippen LogP contribution in [0.3, 0.4) is 0 Å². The summed E-state index contributed by atoms with van der Waals surface area (Å²) in [6.45, 7) is 6.90. The minimum absolute atomic E-state index is 0.264. The first kappa shape index (κ1) is 21.3. The van der Waals surface area contributed by atoms with Crippen LogP contribution in [0.25, 0.3) is 11.0 Å². The van der Waals surface area contributed by atoms with Crippen molar-refractivity contribution >= 4 is 27.0 Å². The lowest BCUT2D eigenvalue weighted by Crippen LogP contribution is -2.49. The number of sulfonamides is 1. The second-order valence-electron chi connectivity index (χ2n) is 8.49. The standard InChI is InChI=1S/C21H31N5O3S/c1-4-9-26-19-8-7-17(30(28,29)23(2)3)14-18(19)22-20(26)15-24-10-12-25(13-11-24)21(27)16-5-6-16/h7-8,14,16H,4-6,9-13,15H2,1-3H3. The van der Waals surface area contributed by atoms with Gasteiger partial charge in [-0.15, -0.1) is 0 Å². The van der Waals surface area contributed by atoms with Crippen molar-refractivity contribution in [3.8, 4) is 0 Å². The van der Waals surface area contributed by atoms with Crippen molar-refractivity contribution in [2.45, 2.75) is 44.2 Å². The zero-order valence-corrected chi connectivity index (χ0v) is 18.9. The lowest BCUT2D eigenvalue weighted by Gasteiger charge is -2.34. The number of imidazole rings is 1. The molecular formula is C21H31N5O3S. The Kier molecular flexibility index (Phi) is 5.87. The van der Waals surface area contributed by atoms with Gasteiger partial charge in [0.2, 0.25) is 15.9 Å². The van der Waals surface area contributed by atoms with E-state index in [-0.39, 0.29) is 10.8 Å². The van der Waals surface area contributed by atoms with Crippen LogP contribution >= 0.6 is 0 Å². The first-order chi connectivity index (χ1) is 14.3. The summed E-state index contributed by atoms with van der Waals surface area (Å²) >= 11 is 0. The Morgan fingerprint density at radius 3 is 2.47 bits per heavy atom. The highest BCUT2D eigenvalue weighted by molar-refractivity contribution is 7.89. The molecule has 30 heavy (non-hydrogen) atoms. The first-order valence-corrected chi connectivity index (χ1v) is 12.2. The summed E-state index contributed by atoms with van der Waals surface area (Å²) in [5, 5.41) is 0. The largest absolute Gasteiger partial charge is 0.340 e. The van der Waals surface area contributed by atoms with Gasteiger partial charge in [-0.05, 0) is 37.5 Å². The van der Waals surface area contributed by atoms with Gasteiger partial charge in [-0.1, -0.05) is 6.92 Å². The van der Waals surface area contributed by atoms with Crippen molar-refractivity contribution in [2.24, 2.45) is 5.92 Å². The van der Waals surface area contributed by atoms with Crippen LogP contribution in [0.2, 0.25) is 0 Å². The van der Waals surface area contributed by atoms with E-state index in [9.17, 15) is 13.2 Å². The number of aryl methyl sites for hydroxylation is 1. The number of carbonyl (C=O) groups excluding carboxylic acids is 1. The maximum atomic E-state index is 12.5. The second kappa shape index (κ2) is 8.28. The predicted molar refractivity (Wildman–Crippen MR) is 115 cm³/mol. The molecule has 1 aromatic heterocycles. The number of piperazine rings is 1. The number of carbonyl (C=O) groups is 1. The molecule has 1 aromatic carbocycles. The van der Waals surface area contributed by atoms with E-state index in [1.54, 1.807) is 12.1 Å². The fraction of sp³-hybridized carbons (Fsp3) is 0.619. The zero-order chi connectivity index (χ0) is 21.5. The lowest BCUT2D eigenvalue weighted by atomic mass is 10.2. The topological polar surface area (TPSA) is 78.8 Å². The van der Waals surface area contributed by atoms with Gasteiger partial charge in [0.25, 0.3) is 0 Å². The number of fused-ring (bicyclic) bond motifs is 1. The highest BCUT2D eigenvalue weighted by Gasteiger charge is 2.34. The van der Waals surface area contributed by atoms with Crippen LogP contribution in [0.5, 0.6) is 0 Å². The van der Waals surface area contributed by atoms with E-state index >= 15 is 0 Å². The predicted octanol–water partition coefficient (Wildman–Crippen LogP) is 1.75. The van der Waals surface area contributed by atoms with Crippen LogP contribution < -0.4 is 0 Å². The number of hydrogen-bond acceptors (Lipinski definition) is 5. The van der Waals surface area contributed by atoms with Crippen LogP contribution in [-0.2, 0) is 27.9 Å². The highest BCUT2D eigenvalue weighted by Crippen LogP contribution is 2.31. The van der Waals surface area contributed by atoms with Crippen molar-refractivity contribution in [1.29, 1.82) is 0 Å². The third-order valence-corrected chi connectivity index (χ3v) is 7.81. The molecular weight excluding hydrogens is 402 g/mol. The molecule has 2 aliphatic rings. The molecule has 1 aliphatic carbocycles. The molecule has 8 nitrogen and oxygen atoms in total. The minimum atomic E-state index is -3.49. The molecule has 2 fully saturated rings. The summed E-state index contributed by atoms with van der Waals surface area (Å²) in [6.07, 6.45) is 3.07. The van der Waals surface area contributed by atoms with E-state index < -0.39 is 10.0 Å². The summed E-state index contributed by atoms with van der Waals surface area (Å²) in [4.78, 5) is 21.7. The maximum Gasteiger partial charge on any atom is 0.242 e. The molecule has 1 amide bonds. The maximum absolute atomic E-state index is 12.5. The lowest BCUT2D eigenvalue weighted by molar-refractivity contribution is -0.134. The van der Waals surface area contributed by atoms with Crippen molar-refractivity contribution in [3.63, 3.8) is 0 Å². The van der Waals surface area contributed by atoms with Crippen molar-refractivity contribution in [1.82, 2.24) is 23.7 Å². The zero-order valence-electron chi connectivity index (χ0n) is 18.0. The van der Waals surface area contributed by atoms with E-state index in [1.165, 1.54) is 18.4 Å². The fourth-order valence-corrected chi connectivity index (χ4v) is 4.96. The molecule has 2 aromatic rings. The molecule has 4 rings (SSSR count). The molecule has 0 N–H and O–H groups in total.